The number of hydrogen-bond donors (Lipinski definition) is 2. The Kier molecular flexibility index (Phi) is 3.88. The summed E-state index contributed by atoms with van der Waals surface area (Å²) in [5.41, 5.74) is 0.236. The van der Waals surface area contributed by atoms with E-state index in [9.17, 15) is 9.59 Å². The van der Waals surface area contributed by atoms with Gasteiger partial charge in [0, 0.05) is 19.2 Å². The maximum absolute atomic E-state index is 11.9. The molecule has 0 radical (unpaired) electrons. The highest BCUT2D eigenvalue weighted by Crippen LogP contribution is 2.08. The highest BCUT2D eigenvalue weighted by Gasteiger charge is 2.07. The largest absolute Gasteiger partial charge is 0.296 e. The number of halogens is 1. The van der Waals surface area contributed by atoms with Gasteiger partial charge in [0.15, 0.2) is 0 Å². The van der Waals surface area contributed by atoms with Crippen molar-refractivity contribution in [2.45, 2.75) is 13.0 Å². The van der Waals surface area contributed by atoms with E-state index in [4.69, 9.17) is 11.6 Å². The van der Waals surface area contributed by atoms with Crippen LogP contribution in [0.1, 0.15) is 6.42 Å². The minimum atomic E-state index is -0.292. The van der Waals surface area contributed by atoms with Crippen molar-refractivity contribution in [2.24, 2.45) is 0 Å². The fourth-order valence-electron chi connectivity index (χ4n) is 2.02. The number of anilines is 1. The van der Waals surface area contributed by atoms with Gasteiger partial charge in [-0.3, -0.25) is 24.6 Å². The van der Waals surface area contributed by atoms with E-state index < -0.39 is 0 Å². The van der Waals surface area contributed by atoms with Crippen LogP contribution in [0.25, 0.3) is 10.9 Å². The highest BCUT2D eigenvalue weighted by atomic mass is 35.5. The van der Waals surface area contributed by atoms with Gasteiger partial charge in [-0.05, 0) is 12.1 Å². The second-order valence-electron chi connectivity index (χ2n) is 4.65. The van der Waals surface area contributed by atoms with E-state index in [2.05, 4.69) is 20.4 Å². The third-order valence-corrected chi connectivity index (χ3v) is 3.24. The van der Waals surface area contributed by atoms with E-state index in [0.29, 0.717) is 22.5 Å². The van der Waals surface area contributed by atoms with Crippen LogP contribution in [0, 0.1) is 0 Å². The maximum atomic E-state index is 11.9. The molecule has 0 bridgehead atoms. The van der Waals surface area contributed by atoms with Crippen LogP contribution < -0.4 is 10.9 Å². The number of fused-ring (bicyclic) bond motifs is 1. The first-order chi connectivity index (χ1) is 10.6. The summed E-state index contributed by atoms with van der Waals surface area (Å²) in [6.45, 7) is 0.385. The Labute approximate surface area is 129 Å². The van der Waals surface area contributed by atoms with Gasteiger partial charge in [0.25, 0.3) is 5.56 Å². The third-order valence-electron chi connectivity index (χ3n) is 3.04. The van der Waals surface area contributed by atoms with Crippen molar-refractivity contribution in [2.75, 3.05) is 5.32 Å². The number of nitrogens with zero attached hydrogens (tertiary/aromatic N) is 3. The molecule has 1 aromatic carbocycles. The predicted molar refractivity (Wildman–Crippen MR) is 82.8 cm³/mol. The molecule has 0 saturated carbocycles. The standard InChI is InChI=1S/C14H12ClN5O2/c15-9-7-16-20(8-9)6-5-12(21)18-14-17-11-4-2-1-3-10(11)13(22)19-14/h1-4,7-8H,5-6H2,(H2,17,18,19,21,22). The highest BCUT2D eigenvalue weighted by molar-refractivity contribution is 6.30. The van der Waals surface area contributed by atoms with Crippen molar-refractivity contribution in [3.8, 4) is 0 Å². The molecule has 0 atom stereocenters. The average Bonchev–Trinajstić information content (AvgIpc) is 2.91. The van der Waals surface area contributed by atoms with Crippen LogP contribution in [0.4, 0.5) is 5.95 Å². The molecule has 2 aromatic heterocycles. The van der Waals surface area contributed by atoms with Gasteiger partial charge >= 0.3 is 0 Å². The van der Waals surface area contributed by atoms with Crippen molar-refractivity contribution < 1.29 is 4.79 Å². The van der Waals surface area contributed by atoms with E-state index in [-0.39, 0.29) is 23.8 Å². The monoisotopic (exact) mass is 317 g/mol. The third kappa shape index (κ3) is 3.15. The molecule has 1 amide bonds. The molecule has 0 saturated heterocycles. The van der Waals surface area contributed by atoms with E-state index >= 15 is 0 Å². The lowest BCUT2D eigenvalue weighted by Gasteiger charge is -2.05. The van der Waals surface area contributed by atoms with Crippen molar-refractivity contribution >= 4 is 34.4 Å². The number of nitrogens with one attached hydrogen (secondary N) is 2. The van der Waals surface area contributed by atoms with E-state index in [1.165, 1.54) is 6.20 Å². The number of rotatable bonds is 4. The van der Waals surface area contributed by atoms with Crippen LogP contribution in [0.15, 0.2) is 41.5 Å². The molecule has 0 spiro atoms. The van der Waals surface area contributed by atoms with E-state index in [0.717, 1.165) is 0 Å². The van der Waals surface area contributed by atoms with Crippen LogP contribution in [0.3, 0.4) is 0 Å². The lowest BCUT2D eigenvalue weighted by Crippen LogP contribution is -2.19. The van der Waals surface area contributed by atoms with Crippen molar-refractivity contribution in [3.05, 3.63) is 52.0 Å². The Bertz CT molecular complexity index is 886. The Morgan fingerprint density at radius 3 is 2.95 bits per heavy atom. The summed E-state index contributed by atoms with van der Waals surface area (Å²) < 4.78 is 1.57. The van der Waals surface area contributed by atoms with Gasteiger partial charge < -0.3 is 0 Å². The van der Waals surface area contributed by atoms with Crippen LogP contribution in [0.5, 0.6) is 0 Å². The molecule has 2 N–H and O–H groups in total. The smallest absolute Gasteiger partial charge is 0.260 e. The maximum Gasteiger partial charge on any atom is 0.260 e. The first kappa shape index (κ1) is 14.3. The molecular weight excluding hydrogens is 306 g/mol. The molecule has 0 aliphatic rings. The summed E-state index contributed by atoms with van der Waals surface area (Å²) in [6, 6.07) is 6.93. The minimum Gasteiger partial charge on any atom is -0.296 e. The molecule has 22 heavy (non-hydrogen) atoms. The first-order valence-electron chi connectivity index (χ1n) is 6.59. The molecule has 0 unspecified atom stereocenters. The van der Waals surface area contributed by atoms with Gasteiger partial charge in [0.05, 0.1) is 22.1 Å². The summed E-state index contributed by atoms with van der Waals surface area (Å²) in [5, 5.41) is 7.55. The topological polar surface area (TPSA) is 92.7 Å². The molecule has 0 fully saturated rings. The Hall–Kier alpha value is -2.67. The van der Waals surface area contributed by atoms with Gasteiger partial charge in [0.1, 0.15) is 0 Å². The fourth-order valence-corrected chi connectivity index (χ4v) is 2.17. The van der Waals surface area contributed by atoms with Crippen LogP contribution in [-0.4, -0.2) is 25.7 Å². The number of carbonyl (C=O) groups is 1. The molecule has 3 aromatic rings. The fraction of sp³-hybridized carbons (Fsp3) is 0.143. The number of aryl methyl sites for hydroxylation is 1. The summed E-state index contributed by atoms with van der Waals surface area (Å²) in [6.07, 6.45) is 3.32. The molecule has 7 nitrogen and oxygen atoms in total. The zero-order valence-electron chi connectivity index (χ0n) is 11.4. The van der Waals surface area contributed by atoms with E-state index in [1.54, 1.807) is 35.1 Å². The number of benzene rings is 1. The number of amides is 1. The van der Waals surface area contributed by atoms with Crippen LogP contribution >= 0.6 is 11.6 Å². The quantitative estimate of drug-likeness (QED) is 0.767. The minimum absolute atomic E-state index is 0.132. The summed E-state index contributed by atoms with van der Waals surface area (Å²) >= 11 is 5.74. The van der Waals surface area contributed by atoms with Gasteiger partial charge in [-0.1, -0.05) is 23.7 Å². The summed E-state index contributed by atoms with van der Waals surface area (Å²) in [7, 11) is 0. The van der Waals surface area contributed by atoms with Crippen LogP contribution in [0.2, 0.25) is 5.02 Å². The Morgan fingerprint density at radius 2 is 2.18 bits per heavy atom. The number of carbonyl (C=O) groups excluding carboxylic acids is 1. The summed E-state index contributed by atoms with van der Waals surface area (Å²) in [4.78, 5) is 30.5. The second kappa shape index (κ2) is 5.98. The lowest BCUT2D eigenvalue weighted by atomic mass is 10.2. The number of hydrogen-bond acceptors (Lipinski definition) is 4. The van der Waals surface area contributed by atoms with Gasteiger partial charge in [-0.15, -0.1) is 0 Å². The van der Waals surface area contributed by atoms with Crippen molar-refractivity contribution in [3.63, 3.8) is 0 Å². The van der Waals surface area contributed by atoms with Gasteiger partial charge in [-0.25, -0.2) is 4.98 Å². The molecule has 0 aliphatic heterocycles. The SMILES string of the molecule is O=C(CCn1cc(Cl)cn1)Nc1nc2ccccc2c(=O)[nH]1. The molecule has 3 rings (SSSR count). The molecule has 112 valence electrons. The Morgan fingerprint density at radius 1 is 1.36 bits per heavy atom. The summed E-state index contributed by atoms with van der Waals surface area (Å²) in [5.74, 6) is -0.141. The second-order valence-corrected chi connectivity index (χ2v) is 5.09. The molecule has 2 heterocycles. The molecule has 0 aliphatic carbocycles. The molecule has 8 heteroatoms. The van der Waals surface area contributed by atoms with E-state index in [1.807, 2.05) is 0 Å². The number of aromatic nitrogens is 4. The van der Waals surface area contributed by atoms with Gasteiger partial charge in [-0.2, -0.15) is 5.10 Å². The Balaban J connectivity index is 1.70. The van der Waals surface area contributed by atoms with Crippen LogP contribution in [-0.2, 0) is 11.3 Å². The number of para-hydroxylation sites is 1. The van der Waals surface area contributed by atoms with Crippen molar-refractivity contribution in [1.29, 1.82) is 0 Å². The number of aromatic amines is 1. The zero-order valence-corrected chi connectivity index (χ0v) is 12.2. The zero-order chi connectivity index (χ0) is 15.5. The lowest BCUT2D eigenvalue weighted by molar-refractivity contribution is -0.116. The van der Waals surface area contributed by atoms with Gasteiger partial charge in [0.2, 0.25) is 11.9 Å². The number of H-pyrrole nitrogens is 1. The predicted octanol–water partition coefficient (Wildman–Crippen LogP) is 1.80. The normalized spacial score (nSPS) is 10.8. The first-order valence-corrected chi connectivity index (χ1v) is 6.96. The average molecular weight is 318 g/mol. The van der Waals surface area contributed by atoms with Crippen molar-refractivity contribution in [1.82, 2.24) is 19.7 Å². The molecular formula is C14H12ClN5O2.